The number of aromatic amines is 1. The molecular weight excluding hydrogens is 447 g/mol. The normalized spacial score (nSPS) is 17.1. The van der Waals surface area contributed by atoms with Crippen molar-refractivity contribution in [3.63, 3.8) is 0 Å². The van der Waals surface area contributed by atoms with Crippen molar-refractivity contribution in [1.29, 1.82) is 0 Å². The Balaban J connectivity index is 1.62. The van der Waals surface area contributed by atoms with Crippen LogP contribution >= 0.6 is 0 Å². The number of methoxy groups -OCH3 is 1. The van der Waals surface area contributed by atoms with Crippen molar-refractivity contribution in [2.45, 2.75) is 57.8 Å². The summed E-state index contributed by atoms with van der Waals surface area (Å²) in [5.41, 5.74) is 3.48. The number of aromatic nitrogens is 2. The zero-order valence-corrected chi connectivity index (χ0v) is 21.0. The molecule has 1 N–H and O–H groups in total. The Hall–Kier alpha value is -3.16. The second kappa shape index (κ2) is 10.2. The van der Waals surface area contributed by atoms with Gasteiger partial charge in [-0.3, -0.25) is 14.6 Å². The van der Waals surface area contributed by atoms with Gasteiger partial charge in [0.15, 0.2) is 0 Å². The Kier molecular flexibility index (Phi) is 7.28. The van der Waals surface area contributed by atoms with Crippen LogP contribution in [0.1, 0.15) is 56.2 Å². The van der Waals surface area contributed by atoms with Crippen molar-refractivity contribution in [2.24, 2.45) is 0 Å². The number of nitrogens with one attached hydrogen (secondary N) is 1. The van der Waals surface area contributed by atoms with Crippen LogP contribution in [0.15, 0.2) is 35.1 Å². The molecule has 188 valence electrons. The van der Waals surface area contributed by atoms with Crippen molar-refractivity contribution >= 4 is 17.7 Å². The van der Waals surface area contributed by atoms with Gasteiger partial charge in [0.05, 0.1) is 12.7 Å². The summed E-state index contributed by atoms with van der Waals surface area (Å²) in [6.07, 6.45) is 4.77. The molecule has 0 spiro atoms. The Morgan fingerprint density at radius 3 is 2.69 bits per heavy atom. The molecule has 2 aromatic rings. The number of rotatable bonds is 7. The van der Waals surface area contributed by atoms with E-state index in [4.69, 9.17) is 9.72 Å². The highest BCUT2D eigenvalue weighted by atomic mass is 19.1. The van der Waals surface area contributed by atoms with Gasteiger partial charge in [-0.15, -0.1) is 0 Å². The third kappa shape index (κ3) is 4.83. The quantitative estimate of drug-likeness (QED) is 0.476. The molecule has 0 atom stereocenters. The number of anilines is 2. The van der Waals surface area contributed by atoms with Crippen LogP contribution in [-0.2, 0) is 27.8 Å². The smallest absolute Gasteiger partial charge is 0.325 e. The summed E-state index contributed by atoms with van der Waals surface area (Å²) in [5.74, 6) is 0.529. The van der Waals surface area contributed by atoms with E-state index >= 15 is 0 Å². The van der Waals surface area contributed by atoms with Gasteiger partial charge in [0.2, 0.25) is 5.95 Å². The first kappa shape index (κ1) is 24.9. The first-order valence-corrected chi connectivity index (χ1v) is 12.4. The summed E-state index contributed by atoms with van der Waals surface area (Å²) in [6, 6.07) is 5.13. The fraction of sp³-hybridized carbons (Fsp3) is 0.519. The summed E-state index contributed by atoms with van der Waals surface area (Å²) in [5, 5.41) is 0. The molecule has 3 heterocycles. The van der Waals surface area contributed by atoms with Gasteiger partial charge in [0, 0.05) is 25.0 Å². The summed E-state index contributed by atoms with van der Waals surface area (Å²) >= 11 is 0. The SMILES string of the molecule is C=C(C)C1(c2ccc(F)cc2CCC)CCN(c2nc3c(c(=O)[nH]2)CCCN3CC(=O)OC)CC1. The zero-order valence-electron chi connectivity index (χ0n) is 21.0. The number of carbonyl (C=O) groups is 1. The number of ether oxygens (including phenoxy) is 1. The fourth-order valence-electron chi connectivity index (χ4n) is 5.57. The highest BCUT2D eigenvalue weighted by Crippen LogP contribution is 2.43. The van der Waals surface area contributed by atoms with E-state index in [0.29, 0.717) is 43.4 Å². The van der Waals surface area contributed by atoms with Gasteiger partial charge in [-0.25, -0.2) is 4.39 Å². The Bertz CT molecular complexity index is 1170. The van der Waals surface area contributed by atoms with Gasteiger partial charge in [0.1, 0.15) is 18.2 Å². The molecule has 0 aliphatic carbocycles. The second-order valence-electron chi connectivity index (χ2n) is 9.69. The molecule has 0 bridgehead atoms. The predicted molar refractivity (Wildman–Crippen MR) is 136 cm³/mol. The number of fused-ring (bicyclic) bond motifs is 1. The molecule has 2 aliphatic rings. The third-order valence-corrected chi connectivity index (χ3v) is 7.52. The predicted octanol–water partition coefficient (Wildman–Crippen LogP) is 3.90. The largest absolute Gasteiger partial charge is 0.468 e. The molecule has 8 heteroatoms. The van der Waals surface area contributed by atoms with E-state index in [0.717, 1.165) is 48.8 Å². The number of aryl methyl sites for hydroxylation is 1. The van der Waals surface area contributed by atoms with Crippen LogP contribution < -0.4 is 15.4 Å². The zero-order chi connectivity index (χ0) is 25.2. The van der Waals surface area contributed by atoms with Crippen molar-refractivity contribution in [2.75, 3.05) is 43.1 Å². The summed E-state index contributed by atoms with van der Waals surface area (Å²) < 4.78 is 18.9. The number of hydrogen-bond acceptors (Lipinski definition) is 6. The molecule has 1 aromatic heterocycles. The molecule has 2 aliphatic heterocycles. The van der Waals surface area contributed by atoms with Crippen molar-refractivity contribution in [3.05, 3.63) is 63.2 Å². The van der Waals surface area contributed by atoms with Crippen LogP contribution in [-0.4, -0.2) is 49.2 Å². The third-order valence-electron chi connectivity index (χ3n) is 7.52. The minimum atomic E-state index is -0.354. The van der Waals surface area contributed by atoms with Crippen LogP contribution in [0.4, 0.5) is 16.2 Å². The van der Waals surface area contributed by atoms with E-state index in [-0.39, 0.29) is 29.3 Å². The van der Waals surface area contributed by atoms with E-state index in [1.165, 1.54) is 7.11 Å². The van der Waals surface area contributed by atoms with E-state index in [9.17, 15) is 14.0 Å². The van der Waals surface area contributed by atoms with Crippen LogP contribution in [0.3, 0.4) is 0 Å². The van der Waals surface area contributed by atoms with E-state index in [1.54, 1.807) is 12.1 Å². The molecule has 7 nitrogen and oxygen atoms in total. The highest BCUT2D eigenvalue weighted by Gasteiger charge is 2.39. The number of carbonyl (C=O) groups excluding carboxylic acids is 1. The van der Waals surface area contributed by atoms with E-state index < -0.39 is 0 Å². The average Bonchev–Trinajstić information content (AvgIpc) is 2.84. The maximum atomic E-state index is 14.1. The van der Waals surface area contributed by atoms with Crippen LogP contribution in [0.2, 0.25) is 0 Å². The molecular formula is C27H35FN4O3. The number of H-pyrrole nitrogens is 1. The molecule has 4 rings (SSSR count). The molecule has 1 saturated heterocycles. The lowest BCUT2D eigenvalue weighted by molar-refractivity contribution is -0.139. The number of esters is 1. The molecule has 0 unspecified atom stereocenters. The van der Waals surface area contributed by atoms with Gasteiger partial charge >= 0.3 is 5.97 Å². The average molecular weight is 483 g/mol. The minimum Gasteiger partial charge on any atom is -0.468 e. The van der Waals surface area contributed by atoms with Crippen molar-refractivity contribution < 1.29 is 13.9 Å². The standard InChI is InChI=1S/C27H35FN4O3/c1-5-7-19-16-20(28)9-10-22(19)27(18(2)3)11-14-31(15-12-27)26-29-24-21(25(34)30-26)8-6-13-32(24)17-23(33)35-4/h9-10,16H,2,5-8,11-15,17H2,1,3-4H3,(H,29,30,34). The topological polar surface area (TPSA) is 78.5 Å². The van der Waals surface area contributed by atoms with E-state index in [1.807, 2.05) is 11.0 Å². The minimum absolute atomic E-state index is 0.0724. The van der Waals surface area contributed by atoms with Gasteiger partial charge < -0.3 is 14.5 Å². The molecule has 0 saturated carbocycles. The van der Waals surface area contributed by atoms with E-state index in [2.05, 4.69) is 30.3 Å². The first-order chi connectivity index (χ1) is 16.8. The van der Waals surface area contributed by atoms with Gasteiger partial charge in [0.25, 0.3) is 5.56 Å². The molecule has 0 radical (unpaired) electrons. The summed E-state index contributed by atoms with van der Waals surface area (Å²) in [6.45, 7) is 10.6. The van der Waals surface area contributed by atoms with Crippen LogP contribution in [0.5, 0.6) is 0 Å². The number of nitrogens with zero attached hydrogens (tertiary/aromatic N) is 3. The monoisotopic (exact) mass is 482 g/mol. The fourth-order valence-corrected chi connectivity index (χ4v) is 5.57. The number of hydrogen-bond donors (Lipinski definition) is 1. The number of benzene rings is 1. The van der Waals surface area contributed by atoms with Crippen molar-refractivity contribution in [3.8, 4) is 0 Å². The molecule has 35 heavy (non-hydrogen) atoms. The number of allylic oxidation sites excluding steroid dienone is 1. The second-order valence-corrected chi connectivity index (χ2v) is 9.69. The molecule has 0 amide bonds. The lowest BCUT2D eigenvalue weighted by Gasteiger charge is -2.44. The van der Waals surface area contributed by atoms with Crippen LogP contribution in [0.25, 0.3) is 0 Å². The van der Waals surface area contributed by atoms with Crippen LogP contribution in [0, 0.1) is 5.82 Å². The Labute approximate surface area is 206 Å². The molecule has 1 aromatic carbocycles. The lowest BCUT2D eigenvalue weighted by Crippen LogP contribution is -2.45. The van der Waals surface area contributed by atoms with Gasteiger partial charge in [-0.2, -0.15) is 4.98 Å². The van der Waals surface area contributed by atoms with Crippen molar-refractivity contribution in [1.82, 2.24) is 9.97 Å². The number of halogens is 1. The van der Waals surface area contributed by atoms with Gasteiger partial charge in [-0.1, -0.05) is 31.6 Å². The maximum absolute atomic E-state index is 14.1. The molecule has 1 fully saturated rings. The first-order valence-electron chi connectivity index (χ1n) is 12.4. The Morgan fingerprint density at radius 1 is 1.29 bits per heavy atom. The number of piperidine rings is 1. The highest BCUT2D eigenvalue weighted by molar-refractivity contribution is 5.76. The summed E-state index contributed by atoms with van der Waals surface area (Å²) in [4.78, 5) is 36.5. The maximum Gasteiger partial charge on any atom is 0.325 e. The lowest BCUT2D eigenvalue weighted by atomic mass is 9.67. The van der Waals surface area contributed by atoms with Gasteiger partial charge in [-0.05, 0) is 62.3 Å². The summed E-state index contributed by atoms with van der Waals surface area (Å²) in [7, 11) is 1.36. The Morgan fingerprint density at radius 2 is 2.03 bits per heavy atom.